The molecule has 1 rings (SSSR count). The fraction of sp³-hybridized carbons (Fsp3) is 0.250. The highest BCUT2D eigenvalue weighted by Gasteiger charge is 2.38. The van der Waals surface area contributed by atoms with Gasteiger partial charge in [0, 0.05) is 4.47 Å². The number of alkyl halides is 3. The molecule has 0 radical (unpaired) electrons. The van der Waals surface area contributed by atoms with Crippen LogP contribution in [-0.4, -0.2) is 17.5 Å². The number of nitrogens with one attached hydrogen (secondary N) is 1. The molecule has 1 aromatic carbocycles. The van der Waals surface area contributed by atoms with Crippen LogP contribution in [-0.2, 0) is 0 Å². The van der Waals surface area contributed by atoms with E-state index in [-0.39, 0.29) is 5.69 Å². The van der Waals surface area contributed by atoms with Crippen LogP contribution in [0.2, 0.25) is 0 Å². The molecule has 0 heterocycles. The second-order valence-electron chi connectivity index (χ2n) is 2.57. The summed E-state index contributed by atoms with van der Waals surface area (Å²) in [5, 5.41) is 10.6. The third-order valence-electron chi connectivity index (χ3n) is 1.48. The lowest BCUT2D eigenvalue weighted by atomic mass is 10.3. The van der Waals surface area contributed by atoms with Gasteiger partial charge in [-0.15, -0.1) is 0 Å². The van der Waals surface area contributed by atoms with Gasteiger partial charge in [-0.05, 0) is 28.1 Å². The molecule has 1 unspecified atom stereocenters. The van der Waals surface area contributed by atoms with Crippen molar-refractivity contribution in [1.29, 1.82) is 0 Å². The van der Waals surface area contributed by atoms with Gasteiger partial charge in [0.2, 0.25) is 6.23 Å². The Morgan fingerprint density at radius 1 is 1.29 bits per heavy atom. The van der Waals surface area contributed by atoms with Gasteiger partial charge < -0.3 is 10.4 Å². The quantitative estimate of drug-likeness (QED) is 0.810. The molecule has 0 saturated carbocycles. The van der Waals surface area contributed by atoms with Gasteiger partial charge >= 0.3 is 6.18 Å². The number of hydrogen-bond acceptors (Lipinski definition) is 2. The largest absolute Gasteiger partial charge is 0.433 e. The lowest BCUT2D eigenvalue weighted by molar-refractivity contribution is -0.194. The van der Waals surface area contributed by atoms with Crippen molar-refractivity contribution in [3.8, 4) is 0 Å². The maximum atomic E-state index is 11.9. The van der Waals surface area contributed by atoms with Crippen LogP contribution in [0.1, 0.15) is 0 Å². The van der Waals surface area contributed by atoms with Crippen LogP contribution < -0.4 is 5.32 Å². The zero-order valence-electron chi connectivity index (χ0n) is 6.85. The van der Waals surface area contributed by atoms with Gasteiger partial charge in [-0.2, -0.15) is 13.2 Å². The average molecular weight is 270 g/mol. The lowest BCUT2D eigenvalue weighted by Crippen LogP contribution is -2.35. The number of rotatable bonds is 2. The van der Waals surface area contributed by atoms with Crippen LogP contribution in [0.4, 0.5) is 18.9 Å². The van der Waals surface area contributed by atoms with E-state index in [1.54, 1.807) is 18.2 Å². The molecule has 0 aliphatic heterocycles. The highest BCUT2D eigenvalue weighted by molar-refractivity contribution is 9.10. The topological polar surface area (TPSA) is 32.3 Å². The van der Waals surface area contributed by atoms with Crippen LogP contribution >= 0.6 is 15.9 Å². The van der Waals surface area contributed by atoms with Crippen molar-refractivity contribution < 1.29 is 18.3 Å². The lowest BCUT2D eigenvalue weighted by Gasteiger charge is -2.17. The molecule has 78 valence electrons. The monoisotopic (exact) mass is 269 g/mol. The molecule has 0 aromatic heterocycles. The second-order valence-corrected chi connectivity index (χ2v) is 3.42. The molecule has 0 spiro atoms. The predicted molar refractivity (Wildman–Crippen MR) is 49.8 cm³/mol. The minimum Gasteiger partial charge on any atom is -0.366 e. The zero-order valence-corrected chi connectivity index (χ0v) is 8.43. The van der Waals surface area contributed by atoms with E-state index >= 15 is 0 Å². The first-order valence-corrected chi connectivity index (χ1v) is 4.46. The van der Waals surface area contributed by atoms with E-state index in [0.717, 1.165) is 0 Å². The number of para-hydroxylation sites is 1. The molecular formula is C8H7BrF3NO. The van der Waals surface area contributed by atoms with Gasteiger partial charge in [-0.3, -0.25) is 0 Å². The molecule has 0 aliphatic carbocycles. The van der Waals surface area contributed by atoms with E-state index in [1.165, 1.54) is 6.07 Å². The van der Waals surface area contributed by atoms with Crippen molar-refractivity contribution in [1.82, 2.24) is 0 Å². The number of aliphatic hydroxyl groups excluding tert-OH is 1. The Morgan fingerprint density at radius 3 is 2.36 bits per heavy atom. The van der Waals surface area contributed by atoms with Crippen LogP contribution in [0, 0.1) is 0 Å². The molecule has 2 N–H and O–H groups in total. The SMILES string of the molecule is OC(Nc1ccccc1Br)C(F)(F)F. The van der Waals surface area contributed by atoms with Crippen molar-refractivity contribution in [2.45, 2.75) is 12.4 Å². The normalized spacial score (nSPS) is 13.8. The Balaban J connectivity index is 2.75. The Labute approximate surface area is 86.9 Å². The zero-order chi connectivity index (χ0) is 10.8. The maximum Gasteiger partial charge on any atom is 0.433 e. The first-order valence-electron chi connectivity index (χ1n) is 3.67. The minimum absolute atomic E-state index is 0.192. The number of aliphatic hydroxyl groups is 1. The summed E-state index contributed by atoms with van der Waals surface area (Å²) in [6.45, 7) is 0. The maximum absolute atomic E-state index is 11.9. The summed E-state index contributed by atoms with van der Waals surface area (Å²) in [4.78, 5) is 0. The van der Waals surface area contributed by atoms with Crippen molar-refractivity contribution in [3.05, 3.63) is 28.7 Å². The summed E-state index contributed by atoms with van der Waals surface area (Å²) < 4.78 is 36.3. The van der Waals surface area contributed by atoms with Crippen molar-refractivity contribution in [2.24, 2.45) is 0 Å². The fourth-order valence-corrected chi connectivity index (χ4v) is 1.21. The first-order chi connectivity index (χ1) is 6.41. The van der Waals surface area contributed by atoms with E-state index < -0.39 is 12.4 Å². The Morgan fingerprint density at radius 2 is 1.86 bits per heavy atom. The van der Waals surface area contributed by atoms with E-state index in [2.05, 4.69) is 15.9 Å². The van der Waals surface area contributed by atoms with Gasteiger partial charge in [-0.25, -0.2) is 0 Å². The van der Waals surface area contributed by atoms with Gasteiger partial charge in [0.05, 0.1) is 5.69 Å². The third-order valence-corrected chi connectivity index (χ3v) is 2.17. The molecule has 0 amide bonds. The van der Waals surface area contributed by atoms with Crippen LogP contribution in [0.3, 0.4) is 0 Å². The molecule has 0 aliphatic rings. The fourth-order valence-electron chi connectivity index (χ4n) is 0.807. The van der Waals surface area contributed by atoms with Gasteiger partial charge in [0.25, 0.3) is 0 Å². The van der Waals surface area contributed by atoms with E-state index in [4.69, 9.17) is 5.11 Å². The van der Waals surface area contributed by atoms with E-state index in [0.29, 0.717) is 4.47 Å². The van der Waals surface area contributed by atoms with E-state index in [1.807, 2.05) is 5.32 Å². The molecule has 1 aromatic rings. The van der Waals surface area contributed by atoms with Crippen LogP contribution in [0.5, 0.6) is 0 Å². The summed E-state index contributed by atoms with van der Waals surface area (Å²) in [6, 6.07) is 6.23. The Hall–Kier alpha value is -0.750. The molecule has 6 heteroatoms. The number of halogens is 4. The van der Waals surface area contributed by atoms with Gasteiger partial charge in [0.15, 0.2) is 0 Å². The summed E-state index contributed by atoms with van der Waals surface area (Å²) >= 11 is 3.05. The van der Waals surface area contributed by atoms with Crippen molar-refractivity contribution in [2.75, 3.05) is 5.32 Å². The molecule has 0 saturated heterocycles. The Bertz CT molecular complexity index is 316. The Kier molecular flexibility index (Phi) is 3.38. The molecular weight excluding hydrogens is 263 g/mol. The highest BCUT2D eigenvalue weighted by atomic mass is 79.9. The van der Waals surface area contributed by atoms with Gasteiger partial charge in [-0.1, -0.05) is 12.1 Å². The standard InChI is InChI=1S/C8H7BrF3NO/c9-5-3-1-2-4-6(5)13-7(14)8(10,11)12/h1-4,7,13-14H. The number of anilines is 1. The smallest absolute Gasteiger partial charge is 0.366 e. The first kappa shape index (κ1) is 11.3. The minimum atomic E-state index is -4.67. The molecule has 1 atom stereocenters. The summed E-state index contributed by atoms with van der Waals surface area (Å²) in [5.41, 5.74) is 0.192. The molecule has 2 nitrogen and oxygen atoms in total. The average Bonchev–Trinajstić information content (AvgIpc) is 2.07. The van der Waals surface area contributed by atoms with Crippen LogP contribution in [0.25, 0.3) is 0 Å². The second kappa shape index (κ2) is 4.18. The number of benzene rings is 1. The van der Waals surface area contributed by atoms with Crippen LogP contribution in [0.15, 0.2) is 28.7 Å². The highest BCUT2D eigenvalue weighted by Crippen LogP contribution is 2.26. The molecule has 0 bridgehead atoms. The predicted octanol–water partition coefficient (Wildman–Crippen LogP) is 2.74. The number of hydrogen-bond donors (Lipinski definition) is 2. The van der Waals surface area contributed by atoms with Crippen molar-refractivity contribution in [3.63, 3.8) is 0 Å². The summed E-state index contributed by atoms with van der Waals surface area (Å²) in [5.74, 6) is 0. The van der Waals surface area contributed by atoms with Gasteiger partial charge in [0.1, 0.15) is 0 Å². The third kappa shape index (κ3) is 2.88. The molecule has 0 fully saturated rings. The van der Waals surface area contributed by atoms with E-state index in [9.17, 15) is 13.2 Å². The molecule has 14 heavy (non-hydrogen) atoms. The summed E-state index contributed by atoms with van der Waals surface area (Å²) in [7, 11) is 0. The van der Waals surface area contributed by atoms with Crippen molar-refractivity contribution >= 4 is 21.6 Å². The summed E-state index contributed by atoms with van der Waals surface area (Å²) in [6.07, 6.45) is -7.23.